The van der Waals surface area contributed by atoms with Crippen molar-refractivity contribution in [3.05, 3.63) is 59.2 Å². The SMILES string of the molecule is CN(C)Cc1ccc2c(c1)C(CN)N(c1ccccc1O)C2. The lowest BCUT2D eigenvalue weighted by molar-refractivity contribution is 0.402. The minimum atomic E-state index is 0.116. The van der Waals surface area contributed by atoms with Crippen LogP contribution in [0.25, 0.3) is 0 Å². The maximum absolute atomic E-state index is 10.1. The first-order valence-corrected chi connectivity index (χ1v) is 7.61. The van der Waals surface area contributed by atoms with E-state index in [1.165, 1.54) is 16.7 Å². The molecule has 2 aromatic carbocycles. The summed E-state index contributed by atoms with van der Waals surface area (Å²) >= 11 is 0. The quantitative estimate of drug-likeness (QED) is 0.910. The van der Waals surface area contributed by atoms with Crippen molar-refractivity contribution in [3.8, 4) is 5.75 Å². The average molecular weight is 297 g/mol. The summed E-state index contributed by atoms with van der Waals surface area (Å²) in [6.07, 6.45) is 0. The number of phenols is 1. The van der Waals surface area contributed by atoms with E-state index in [9.17, 15) is 5.11 Å². The number of nitrogens with zero attached hydrogens (tertiary/aromatic N) is 2. The highest BCUT2D eigenvalue weighted by Crippen LogP contribution is 2.40. The zero-order valence-corrected chi connectivity index (χ0v) is 13.2. The van der Waals surface area contributed by atoms with Gasteiger partial charge >= 0.3 is 0 Å². The molecule has 0 saturated heterocycles. The van der Waals surface area contributed by atoms with Crippen molar-refractivity contribution in [2.45, 2.75) is 19.1 Å². The second kappa shape index (κ2) is 5.99. The van der Waals surface area contributed by atoms with Crippen molar-refractivity contribution in [1.29, 1.82) is 0 Å². The monoisotopic (exact) mass is 297 g/mol. The van der Waals surface area contributed by atoms with Crippen LogP contribution in [0.4, 0.5) is 5.69 Å². The standard InChI is InChI=1S/C18H23N3O/c1-20(2)11-13-7-8-14-12-21(17(10-19)15(14)9-13)16-5-3-4-6-18(16)22/h3-9,17,22H,10-12,19H2,1-2H3. The first-order chi connectivity index (χ1) is 10.6. The smallest absolute Gasteiger partial charge is 0.138 e. The first kappa shape index (κ1) is 14.9. The molecule has 22 heavy (non-hydrogen) atoms. The van der Waals surface area contributed by atoms with Gasteiger partial charge in [-0.3, -0.25) is 0 Å². The molecule has 0 radical (unpaired) electrons. The molecule has 0 aliphatic carbocycles. The molecule has 0 saturated carbocycles. The maximum Gasteiger partial charge on any atom is 0.138 e. The van der Waals surface area contributed by atoms with Crippen LogP contribution >= 0.6 is 0 Å². The molecule has 0 spiro atoms. The molecule has 1 unspecified atom stereocenters. The van der Waals surface area contributed by atoms with Crippen molar-refractivity contribution in [2.75, 3.05) is 25.5 Å². The van der Waals surface area contributed by atoms with E-state index in [0.717, 1.165) is 18.8 Å². The zero-order chi connectivity index (χ0) is 15.7. The molecule has 1 aliphatic heterocycles. The van der Waals surface area contributed by atoms with E-state index in [1.54, 1.807) is 6.07 Å². The van der Waals surface area contributed by atoms with Crippen LogP contribution in [0.1, 0.15) is 22.7 Å². The molecule has 1 atom stereocenters. The molecule has 0 aromatic heterocycles. The van der Waals surface area contributed by atoms with Gasteiger partial charge in [-0.15, -0.1) is 0 Å². The van der Waals surface area contributed by atoms with Crippen LogP contribution in [0.3, 0.4) is 0 Å². The minimum absolute atomic E-state index is 0.116. The van der Waals surface area contributed by atoms with Crippen molar-refractivity contribution < 1.29 is 5.11 Å². The summed E-state index contributed by atoms with van der Waals surface area (Å²) < 4.78 is 0. The van der Waals surface area contributed by atoms with Crippen molar-refractivity contribution in [2.24, 2.45) is 5.73 Å². The highest BCUT2D eigenvalue weighted by atomic mass is 16.3. The van der Waals surface area contributed by atoms with Crippen molar-refractivity contribution in [3.63, 3.8) is 0 Å². The van der Waals surface area contributed by atoms with E-state index in [-0.39, 0.29) is 6.04 Å². The van der Waals surface area contributed by atoms with Crippen molar-refractivity contribution in [1.82, 2.24) is 4.90 Å². The lowest BCUT2D eigenvalue weighted by atomic mass is 10.0. The van der Waals surface area contributed by atoms with E-state index in [2.05, 4.69) is 42.1 Å². The van der Waals surface area contributed by atoms with E-state index < -0.39 is 0 Å². The first-order valence-electron chi connectivity index (χ1n) is 7.61. The highest BCUT2D eigenvalue weighted by Gasteiger charge is 2.30. The van der Waals surface area contributed by atoms with Gasteiger partial charge < -0.3 is 20.6 Å². The van der Waals surface area contributed by atoms with Gasteiger partial charge in [-0.25, -0.2) is 0 Å². The maximum atomic E-state index is 10.1. The Bertz CT molecular complexity index is 669. The summed E-state index contributed by atoms with van der Waals surface area (Å²) in [7, 11) is 4.14. The van der Waals surface area contributed by atoms with E-state index >= 15 is 0 Å². The second-order valence-corrected chi connectivity index (χ2v) is 6.14. The summed E-state index contributed by atoms with van der Waals surface area (Å²) in [5.41, 5.74) is 10.8. The molecular formula is C18H23N3O. The van der Waals surface area contributed by atoms with Gasteiger partial charge in [-0.05, 0) is 42.9 Å². The highest BCUT2D eigenvalue weighted by molar-refractivity contribution is 5.62. The fourth-order valence-electron chi connectivity index (χ4n) is 3.24. The van der Waals surface area contributed by atoms with Crippen LogP contribution in [0.5, 0.6) is 5.75 Å². The predicted octanol–water partition coefficient (Wildman–Crippen LogP) is 2.47. The summed E-state index contributed by atoms with van der Waals surface area (Å²) in [6, 6.07) is 14.2. The third kappa shape index (κ3) is 2.67. The lowest BCUT2D eigenvalue weighted by Crippen LogP contribution is -2.27. The van der Waals surface area contributed by atoms with Gasteiger partial charge in [-0.1, -0.05) is 30.3 Å². The number of anilines is 1. The number of phenolic OH excluding ortho intramolecular Hbond substituents is 1. The molecular weight excluding hydrogens is 274 g/mol. The topological polar surface area (TPSA) is 52.7 Å². The minimum Gasteiger partial charge on any atom is -0.506 e. The fraction of sp³-hybridized carbons (Fsp3) is 0.333. The third-order valence-corrected chi connectivity index (χ3v) is 4.20. The number of hydrogen-bond acceptors (Lipinski definition) is 4. The Labute approximate surface area is 131 Å². The Hall–Kier alpha value is -2.04. The van der Waals surface area contributed by atoms with E-state index in [0.29, 0.717) is 12.3 Å². The summed E-state index contributed by atoms with van der Waals surface area (Å²) in [6.45, 7) is 2.24. The van der Waals surface area contributed by atoms with Gasteiger partial charge in [0.25, 0.3) is 0 Å². The molecule has 116 valence electrons. The number of para-hydroxylation sites is 2. The summed E-state index contributed by atoms with van der Waals surface area (Å²) in [4.78, 5) is 4.36. The molecule has 0 amide bonds. The number of aromatic hydroxyl groups is 1. The Morgan fingerprint density at radius 2 is 2.00 bits per heavy atom. The van der Waals surface area contributed by atoms with Gasteiger partial charge in [0.1, 0.15) is 5.75 Å². The Morgan fingerprint density at radius 1 is 1.23 bits per heavy atom. The molecule has 4 nitrogen and oxygen atoms in total. The predicted molar refractivity (Wildman–Crippen MR) is 89.9 cm³/mol. The Morgan fingerprint density at radius 3 is 2.68 bits per heavy atom. The molecule has 3 rings (SSSR count). The summed E-state index contributed by atoms with van der Waals surface area (Å²) in [5.74, 6) is 0.308. The van der Waals surface area contributed by atoms with Crippen LogP contribution in [0.15, 0.2) is 42.5 Å². The number of fused-ring (bicyclic) bond motifs is 1. The number of benzene rings is 2. The van der Waals surface area contributed by atoms with Crippen LogP contribution in [0, 0.1) is 0 Å². The van der Waals surface area contributed by atoms with Crippen LogP contribution in [-0.4, -0.2) is 30.6 Å². The number of rotatable bonds is 4. The van der Waals surface area contributed by atoms with Gasteiger partial charge in [0, 0.05) is 19.6 Å². The Kier molecular flexibility index (Phi) is 4.05. The van der Waals surface area contributed by atoms with Gasteiger partial charge in [0.2, 0.25) is 0 Å². The molecule has 0 bridgehead atoms. The van der Waals surface area contributed by atoms with E-state index in [1.807, 2.05) is 18.2 Å². The van der Waals surface area contributed by atoms with Crippen LogP contribution in [-0.2, 0) is 13.1 Å². The van der Waals surface area contributed by atoms with Crippen LogP contribution in [0.2, 0.25) is 0 Å². The van der Waals surface area contributed by atoms with Crippen LogP contribution < -0.4 is 10.6 Å². The van der Waals surface area contributed by atoms with Gasteiger partial charge in [0.05, 0.1) is 11.7 Å². The molecule has 0 fully saturated rings. The second-order valence-electron chi connectivity index (χ2n) is 6.14. The van der Waals surface area contributed by atoms with Gasteiger partial charge in [-0.2, -0.15) is 0 Å². The normalized spacial score (nSPS) is 17.1. The number of hydrogen-bond donors (Lipinski definition) is 2. The lowest BCUT2D eigenvalue weighted by Gasteiger charge is -2.27. The van der Waals surface area contributed by atoms with Crippen molar-refractivity contribution >= 4 is 5.69 Å². The van der Waals surface area contributed by atoms with Gasteiger partial charge in [0.15, 0.2) is 0 Å². The Balaban J connectivity index is 1.96. The molecule has 2 aromatic rings. The molecule has 1 heterocycles. The third-order valence-electron chi connectivity index (χ3n) is 4.20. The number of nitrogens with two attached hydrogens (primary N) is 1. The molecule has 3 N–H and O–H groups in total. The molecule has 4 heteroatoms. The zero-order valence-electron chi connectivity index (χ0n) is 13.2. The average Bonchev–Trinajstić information content (AvgIpc) is 2.84. The van der Waals surface area contributed by atoms with E-state index in [4.69, 9.17) is 5.73 Å². The molecule has 1 aliphatic rings. The fourth-order valence-corrected chi connectivity index (χ4v) is 3.24. The largest absolute Gasteiger partial charge is 0.506 e. The summed E-state index contributed by atoms with van der Waals surface area (Å²) in [5, 5.41) is 10.1.